The Kier molecular flexibility index (Phi) is 4.00. The Labute approximate surface area is 122 Å². The predicted molar refractivity (Wildman–Crippen MR) is 79.9 cm³/mol. The number of carboxylic acid groups (broad SMARTS) is 1. The Balaban J connectivity index is 2.69. The molecular weight excluding hydrogens is 276 g/mol. The molecule has 0 fully saturated rings. The SMILES string of the molecule is COc1ccc(-c2cc(C)c(Cl)cc2C)c(C(=O)O)c1. The van der Waals surface area contributed by atoms with Gasteiger partial charge in [-0.05, 0) is 66.4 Å². The van der Waals surface area contributed by atoms with Crippen molar-refractivity contribution in [2.24, 2.45) is 0 Å². The Bertz CT molecular complexity index is 678. The monoisotopic (exact) mass is 290 g/mol. The summed E-state index contributed by atoms with van der Waals surface area (Å²) in [6.45, 7) is 3.81. The van der Waals surface area contributed by atoms with E-state index in [9.17, 15) is 9.90 Å². The highest BCUT2D eigenvalue weighted by Crippen LogP contribution is 2.32. The van der Waals surface area contributed by atoms with Crippen LogP contribution in [-0.4, -0.2) is 18.2 Å². The number of carbonyl (C=O) groups is 1. The molecule has 0 saturated heterocycles. The minimum Gasteiger partial charge on any atom is -0.497 e. The molecule has 0 bridgehead atoms. The van der Waals surface area contributed by atoms with Gasteiger partial charge in [0.05, 0.1) is 12.7 Å². The van der Waals surface area contributed by atoms with E-state index >= 15 is 0 Å². The van der Waals surface area contributed by atoms with Crippen LogP contribution in [0.25, 0.3) is 11.1 Å². The molecule has 0 aromatic heterocycles. The number of halogens is 1. The van der Waals surface area contributed by atoms with Crippen LogP contribution in [0.1, 0.15) is 21.5 Å². The van der Waals surface area contributed by atoms with Crippen molar-refractivity contribution in [2.45, 2.75) is 13.8 Å². The van der Waals surface area contributed by atoms with Crippen molar-refractivity contribution in [2.75, 3.05) is 7.11 Å². The molecular formula is C16H15ClO3. The lowest BCUT2D eigenvalue weighted by atomic mass is 9.94. The molecule has 0 saturated carbocycles. The first-order valence-corrected chi connectivity index (χ1v) is 6.50. The first-order valence-electron chi connectivity index (χ1n) is 6.12. The minimum atomic E-state index is -0.981. The van der Waals surface area contributed by atoms with E-state index in [2.05, 4.69) is 0 Å². The fourth-order valence-electron chi connectivity index (χ4n) is 2.13. The largest absolute Gasteiger partial charge is 0.497 e. The van der Waals surface area contributed by atoms with Crippen molar-refractivity contribution in [1.82, 2.24) is 0 Å². The van der Waals surface area contributed by atoms with Crippen LogP contribution in [0.3, 0.4) is 0 Å². The number of ether oxygens (including phenoxy) is 1. The second-order valence-corrected chi connectivity index (χ2v) is 5.04. The number of benzene rings is 2. The summed E-state index contributed by atoms with van der Waals surface area (Å²) in [6.07, 6.45) is 0. The second-order valence-electron chi connectivity index (χ2n) is 4.63. The number of aromatic carboxylic acids is 1. The summed E-state index contributed by atoms with van der Waals surface area (Å²) >= 11 is 6.09. The zero-order valence-corrected chi connectivity index (χ0v) is 12.3. The van der Waals surface area contributed by atoms with Gasteiger partial charge < -0.3 is 9.84 Å². The van der Waals surface area contributed by atoms with Gasteiger partial charge in [0.25, 0.3) is 0 Å². The molecule has 104 valence electrons. The second kappa shape index (κ2) is 5.55. The van der Waals surface area contributed by atoms with Crippen LogP contribution < -0.4 is 4.74 Å². The molecule has 1 N–H and O–H groups in total. The van der Waals surface area contributed by atoms with Crippen molar-refractivity contribution in [3.8, 4) is 16.9 Å². The smallest absolute Gasteiger partial charge is 0.336 e. The fourth-order valence-corrected chi connectivity index (χ4v) is 2.35. The number of rotatable bonds is 3. The third kappa shape index (κ3) is 2.63. The van der Waals surface area contributed by atoms with Gasteiger partial charge in [0, 0.05) is 5.02 Å². The molecule has 0 aliphatic rings. The summed E-state index contributed by atoms with van der Waals surface area (Å²) in [5, 5.41) is 10.1. The summed E-state index contributed by atoms with van der Waals surface area (Å²) in [5.41, 5.74) is 3.60. The highest BCUT2D eigenvalue weighted by molar-refractivity contribution is 6.31. The lowest BCUT2D eigenvalue weighted by Crippen LogP contribution is -2.01. The maximum atomic E-state index is 11.4. The van der Waals surface area contributed by atoms with Crippen molar-refractivity contribution in [1.29, 1.82) is 0 Å². The normalized spacial score (nSPS) is 10.4. The molecule has 0 aliphatic heterocycles. The molecule has 0 heterocycles. The van der Waals surface area contributed by atoms with Gasteiger partial charge in [-0.25, -0.2) is 4.79 Å². The van der Waals surface area contributed by atoms with Crippen molar-refractivity contribution in [3.63, 3.8) is 0 Å². The highest BCUT2D eigenvalue weighted by Gasteiger charge is 2.15. The minimum absolute atomic E-state index is 0.217. The van der Waals surface area contributed by atoms with Crippen molar-refractivity contribution >= 4 is 17.6 Å². The van der Waals surface area contributed by atoms with Gasteiger partial charge in [0.1, 0.15) is 5.75 Å². The molecule has 0 radical (unpaired) electrons. The molecule has 0 spiro atoms. The molecule has 0 atom stereocenters. The highest BCUT2D eigenvalue weighted by atomic mass is 35.5. The molecule has 0 unspecified atom stereocenters. The third-order valence-electron chi connectivity index (χ3n) is 3.25. The predicted octanol–water partition coefficient (Wildman–Crippen LogP) is 4.33. The van der Waals surface area contributed by atoms with E-state index in [4.69, 9.17) is 16.3 Å². The van der Waals surface area contributed by atoms with Crippen LogP contribution in [0, 0.1) is 13.8 Å². The van der Waals surface area contributed by atoms with E-state index in [0.717, 1.165) is 16.7 Å². The number of hydrogen-bond donors (Lipinski definition) is 1. The average molecular weight is 291 g/mol. The Hall–Kier alpha value is -2.00. The molecule has 20 heavy (non-hydrogen) atoms. The van der Waals surface area contributed by atoms with Gasteiger partial charge in [-0.3, -0.25) is 0 Å². The van der Waals surface area contributed by atoms with E-state index in [0.29, 0.717) is 16.3 Å². The molecule has 0 amide bonds. The average Bonchev–Trinajstić information content (AvgIpc) is 2.42. The van der Waals surface area contributed by atoms with E-state index in [-0.39, 0.29) is 5.56 Å². The van der Waals surface area contributed by atoms with Crippen molar-refractivity contribution < 1.29 is 14.6 Å². The topological polar surface area (TPSA) is 46.5 Å². The maximum Gasteiger partial charge on any atom is 0.336 e. The van der Waals surface area contributed by atoms with E-state index in [1.54, 1.807) is 12.1 Å². The number of hydrogen-bond acceptors (Lipinski definition) is 2. The zero-order valence-electron chi connectivity index (χ0n) is 11.5. The Morgan fingerprint density at radius 3 is 2.40 bits per heavy atom. The lowest BCUT2D eigenvalue weighted by Gasteiger charge is -2.13. The molecule has 0 aliphatic carbocycles. The Morgan fingerprint density at radius 1 is 1.10 bits per heavy atom. The van der Waals surface area contributed by atoms with Crippen molar-refractivity contribution in [3.05, 3.63) is 52.0 Å². The van der Waals surface area contributed by atoms with Gasteiger partial charge in [-0.1, -0.05) is 11.6 Å². The van der Waals surface area contributed by atoms with Gasteiger partial charge in [0.2, 0.25) is 0 Å². The Morgan fingerprint density at radius 2 is 1.80 bits per heavy atom. The zero-order chi connectivity index (χ0) is 14.9. The fraction of sp³-hybridized carbons (Fsp3) is 0.188. The van der Waals surface area contributed by atoms with Gasteiger partial charge in [-0.15, -0.1) is 0 Å². The lowest BCUT2D eigenvalue weighted by molar-refractivity contribution is 0.0697. The summed E-state index contributed by atoms with van der Waals surface area (Å²) in [6, 6.07) is 8.80. The van der Waals surface area contributed by atoms with Crippen LogP contribution in [-0.2, 0) is 0 Å². The van der Waals surface area contributed by atoms with Gasteiger partial charge >= 0.3 is 5.97 Å². The summed E-state index contributed by atoms with van der Waals surface area (Å²) < 4.78 is 5.08. The van der Waals surface area contributed by atoms with E-state index < -0.39 is 5.97 Å². The molecule has 4 heteroatoms. The van der Waals surface area contributed by atoms with Crippen LogP contribution in [0.5, 0.6) is 5.75 Å². The quantitative estimate of drug-likeness (QED) is 0.915. The first-order chi connectivity index (χ1) is 9.43. The van der Waals surface area contributed by atoms with Crippen LogP contribution in [0.15, 0.2) is 30.3 Å². The number of aryl methyl sites for hydroxylation is 2. The molecule has 2 aromatic rings. The van der Waals surface area contributed by atoms with E-state index in [1.807, 2.05) is 26.0 Å². The van der Waals surface area contributed by atoms with Crippen LogP contribution in [0.2, 0.25) is 5.02 Å². The van der Waals surface area contributed by atoms with Crippen LogP contribution in [0.4, 0.5) is 0 Å². The standard InChI is InChI=1S/C16H15ClO3/c1-9-7-15(17)10(2)6-13(9)12-5-4-11(20-3)8-14(12)16(18)19/h4-8H,1-3H3,(H,18,19). The summed E-state index contributed by atoms with van der Waals surface area (Å²) in [5.74, 6) is -0.458. The van der Waals surface area contributed by atoms with Gasteiger partial charge in [0.15, 0.2) is 0 Å². The number of carboxylic acids is 1. The van der Waals surface area contributed by atoms with Gasteiger partial charge in [-0.2, -0.15) is 0 Å². The van der Waals surface area contributed by atoms with Crippen LogP contribution >= 0.6 is 11.6 Å². The van der Waals surface area contributed by atoms with E-state index in [1.165, 1.54) is 13.2 Å². The number of methoxy groups -OCH3 is 1. The molecule has 2 rings (SSSR count). The third-order valence-corrected chi connectivity index (χ3v) is 3.66. The maximum absolute atomic E-state index is 11.4. The summed E-state index contributed by atoms with van der Waals surface area (Å²) in [4.78, 5) is 11.4. The molecule has 3 nitrogen and oxygen atoms in total. The first kappa shape index (κ1) is 14.4. The molecule has 2 aromatic carbocycles. The summed E-state index contributed by atoms with van der Waals surface area (Å²) in [7, 11) is 1.51.